The van der Waals surface area contributed by atoms with Gasteiger partial charge < -0.3 is 19.4 Å². The third-order valence-corrected chi connectivity index (χ3v) is 6.89. The van der Waals surface area contributed by atoms with E-state index in [9.17, 15) is 19.6 Å². The van der Waals surface area contributed by atoms with E-state index in [4.69, 9.17) is 9.15 Å². The Morgan fingerprint density at radius 2 is 1.75 bits per heavy atom. The summed E-state index contributed by atoms with van der Waals surface area (Å²) in [6.45, 7) is 7.34. The summed E-state index contributed by atoms with van der Waals surface area (Å²) in [5, 5.41) is 13.4. The second-order valence-corrected chi connectivity index (χ2v) is 11.0. The van der Waals surface area contributed by atoms with Crippen molar-refractivity contribution in [3.63, 3.8) is 0 Å². The number of aryl methyl sites for hydroxylation is 1. The van der Waals surface area contributed by atoms with Crippen LogP contribution in [0.15, 0.2) is 82.0 Å². The smallest absolute Gasteiger partial charge is 0.408 e. The quantitative estimate of drug-likeness (QED) is 0.339. The van der Waals surface area contributed by atoms with Crippen LogP contribution in [0.2, 0.25) is 0 Å². The zero-order valence-electron chi connectivity index (χ0n) is 22.8. The molecule has 0 bridgehead atoms. The van der Waals surface area contributed by atoms with Crippen LogP contribution in [0.3, 0.4) is 0 Å². The van der Waals surface area contributed by atoms with Crippen LogP contribution in [0.5, 0.6) is 0 Å². The lowest BCUT2D eigenvalue weighted by molar-refractivity contribution is -0.124. The van der Waals surface area contributed by atoms with Crippen LogP contribution in [0.4, 0.5) is 10.5 Å². The molecule has 5 rings (SSSR count). The molecule has 202 valence electrons. The Hall–Kier alpha value is -4.90. The SMILES string of the molecule is Cc1ccc2oc(=O)c(C#N)c(C[C@@]3(NC(=O)OC(C)(C)C)C(=O)N(Cc4ccccc4)c4ccccc43)c2c1. The van der Waals surface area contributed by atoms with Crippen molar-refractivity contribution in [3.05, 3.63) is 111 Å². The number of ether oxygens (including phenoxy) is 1. The number of nitrogens with one attached hydrogen (secondary N) is 1. The molecule has 8 heteroatoms. The van der Waals surface area contributed by atoms with Gasteiger partial charge in [-0.3, -0.25) is 4.79 Å². The summed E-state index contributed by atoms with van der Waals surface area (Å²) in [5.74, 6) is -0.402. The normalized spacial score (nSPS) is 16.5. The second kappa shape index (κ2) is 10.0. The van der Waals surface area contributed by atoms with Crippen molar-refractivity contribution in [2.45, 2.75) is 51.8 Å². The van der Waals surface area contributed by atoms with Crippen LogP contribution >= 0.6 is 0 Å². The van der Waals surface area contributed by atoms with E-state index in [1.807, 2.05) is 61.5 Å². The van der Waals surface area contributed by atoms with Gasteiger partial charge in [-0.2, -0.15) is 5.26 Å². The fourth-order valence-electron chi connectivity index (χ4n) is 5.20. The zero-order valence-corrected chi connectivity index (χ0v) is 22.8. The summed E-state index contributed by atoms with van der Waals surface area (Å²) < 4.78 is 11.0. The van der Waals surface area contributed by atoms with Gasteiger partial charge in [-0.1, -0.05) is 60.2 Å². The maximum absolute atomic E-state index is 14.6. The molecule has 40 heavy (non-hydrogen) atoms. The van der Waals surface area contributed by atoms with Crippen LogP contribution in [0, 0.1) is 18.3 Å². The van der Waals surface area contributed by atoms with Gasteiger partial charge in [0.25, 0.3) is 5.91 Å². The minimum absolute atomic E-state index is 0.165. The Morgan fingerprint density at radius 1 is 1.05 bits per heavy atom. The molecule has 1 N–H and O–H groups in total. The van der Waals surface area contributed by atoms with Gasteiger partial charge in [0.15, 0.2) is 5.54 Å². The molecule has 2 amide bonds. The van der Waals surface area contributed by atoms with Crippen LogP contribution in [0.1, 0.15) is 48.6 Å². The topological polar surface area (TPSA) is 113 Å². The summed E-state index contributed by atoms with van der Waals surface area (Å²) >= 11 is 0. The van der Waals surface area contributed by atoms with Gasteiger partial charge >= 0.3 is 11.7 Å². The maximum atomic E-state index is 14.6. The minimum Gasteiger partial charge on any atom is -0.444 e. The molecular formula is C32H29N3O5. The number of hydrogen-bond donors (Lipinski definition) is 1. The summed E-state index contributed by atoms with van der Waals surface area (Å²) in [6, 6.07) is 24.0. The summed E-state index contributed by atoms with van der Waals surface area (Å²) in [7, 11) is 0. The molecule has 0 spiro atoms. The van der Waals surface area contributed by atoms with Gasteiger partial charge in [-0.15, -0.1) is 0 Å². The number of carbonyl (C=O) groups excluding carboxylic acids is 2. The van der Waals surface area contributed by atoms with Gasteiger partial charge in [0, 0.05) is 17.4 Å². The Morgan fingerprint density at radius 3 is 2.45 bits per heavy atom. The van der Waals surface area contributed by atoms with Crippen molar-refractivity contribution >= 4 is 28.7 Å². The van der Waals surface area contributed by atoms with E-state index in [0.29, 0.717) is 22.2 Å². The highest BCUT2D eigenvalue weighted by atomic mass is 16.6. The molecule has 0 saturated heterocycles. The molecule has 1 aromatic heterocycles. The van der Waals surface area contributed by atoms with Crippen LogP contribution in [-0.4, -0.2) is 17.6 Å². The summed E-state index contributed by atoms with van der Waals surface area (Å²) in [4.78, 5) is 42.4. The lowest BCUT2D eigenvalue weighted by Gasteiger charge is -2.32. The molecule has 0 fully saturated rings. The van der Waals surface area contributed by atoms with Crippen molar-refractivity contribution < 1.29 is 18.7 Å². The number of rotatable bonds is 5. The average molecular weight is 536 g/mol. The number of anilines is 1. The van der Waals surface area contributed by atoms with Crippen molar-refractivity contribution in [2.75, 3.05) is 4.90 Å². The fourth-order valence-corrected chi connectivity index (χ4v) is 5.20. The third-order valence-electron chi connectivity index (χ3n) is 6.89. The van der Waals surface area contributed by atoms with E-state index in [-0.39, 0.29) is 24.1 Å². The molecule has 0 unspecified atom stereocenters. The number of benzene rings is 3. The number of carbonyl (C=O) groups is 2. The third kappa shape index (κ3) is 4.82. The summed E-state index contributed by atoms with van der Waals surface area (Å²) in [5.41, 5.74) is 0.0398. The van der Waals surface area contributed by atoms with Crippen molar-refractivity contribution in [1.29, 1.82) is 5.26 Å². The van der Waals surface area contributed by atoms with Gasteiger partial charge in [0.05, 0.1) is 12.2 Å². The largest absolute Gasteiger partial charge is 0.444 e. The molecule has 4 aromatic rings. The van der Waals surface area contributed by atoms with Crippen molar-refractivity contribution in [1.82, 2.24) is 5.32 Å². The first kappa shape index (κ1) is 26.7. The number of para-hydroxylation sites is 1. The van der Waals surface area contributed by atoms with Crippen molar-refractivity contribution in [2.24, 2.45) is 0 Å². The van der Waals surface area contributed by atoms with Gasteiger partial charge in [-0.25, -0.2) is 9.59 Å². The minimum atomic E-state index is -1.66. The number of nitrogens with zero attached hydrogens (tertiary/aromatic N) is 2. The molecule has 1 atom stereocenters. The molecular weight excluding hydrogens is 506 g/mol. The molecule has 0 radical (unpaired) electrons. The van der Waals surface area contributed by atoms with Crippen LogP contribution in [-0.2, 0) is 28.0 Å². The lowest BCUT2D eigenvalue weighted by Crippen LogP contribution is -2.55. The molecule has 1 aliphatic heterocycles. The maximum Gasteiger partial charge on any atom is 0.408 e. The van der Waals surface area contributed by atoms with E-state index in [1.54, 1.807) is 49.9 Å². The van der Waals surface area contributed by atoms with E-state index in [0.717, 1.165) is 11.1 Å². The molecule has 1 aliphatic rings. The number of nitriles is 1. The zero-order chi connectivity index (χ0) is 28.7. The van der Waals surface area contributed by atoms with Gasteiger partial charge in [0.2, 0.25) is 0 Å². The summed E-state index contributed by atoms with van der Waals surface area (Å²) in [6.07, 6.45) is -0.957. The predicted molar refractivity (Wildman–Crippen MR) is 151 cm³/mol. The monoisotopic (exact) mass is 535 g/mol. The molecule has 2 heterocycles. The predicted octanol–water partition coefficient (Wildman–Crippen LogP) is 5.48. The highest BCUT2D eigenvalue weighted by molar-refractivity contribution is 6.09. The van der Waals surface area contributed by atoms with E-state index in [1.165, 1.54) is 0 Å². The van der Waals surface area contributed by atoms with Crippen LogP contribution in [0.25, 0.3) is 11.0 Å². The molecule has 0 aliphatic carbocycles. The molecule has 0 saturated carbocycles. The van der Waals surface area contributed by atoms with Crippen LogP contribution < -0.4 is 15.8 Å². The number of amides is 2. The van der Waals surface area contributed by atoms with Gasteiger partial charge in [0.1, 0.15) is 22.8 Å². The second-order valence-electron chi connectivity index (χ2n) is 11.0. The number of hydrogen-bond acceptors (Lipinski definition) is 6. The Labute approximate surface area is 231 Å². The Balaban J connectivity index is 1.74. The first-order valence-corrected chi connectivity index (χ1v) is 13.0. The number of fused-ring (bicyclic) bond motifs is 2. The van der Waals surface area contributed by atoms with Crippen molar-refractivity contribution in [3.8, 4) is 6.07 Å². The molecule has 3 aromatic carbocycles. The fraction of sp³-hybridized carbons (Fsp3) is 0.250. The number of alkyl carbamates (subject to hydrolysis) is 1. The van der Waals surface area contributed by atoms with E-state index < -0.39 is 28.8 Å². The highest BCUT2D eigenvalue weighted by Gasteiger charge is 2.53. The molecule has 8 nitrogen and oxygen atoms in total. The van der Waals surface area contributed by atoms with Gasteiger partial charge in [-0.05, 0) is 57.0 Å². The van der Waals surface area contributed by atoms with E-state index in [2.05, 4.69) is 5.32 Å². The first-order chi connectivity index (χ1) is 19.0. The first-order valence-electron chi connectivity index (χ1n) is 13.0. The van der Waals surface area contributed by atoms with E-state index >= 15 is 0 Å². The standard InChI is InChI=1S/C32H29N3O5/c1-20-14-15-27-22(16-20)23(24(18-33)28(36)39-27)17-32(34-30(38)40-31(2,3)4)25-12-8-9-13-26(25)35(29(32)37)19-21-10-6-5-7-11-21/h5-16H,17,19H2,1-4H3,(H,34,38)/t32-/m0/s1. The Kier molecular flexibility index (Phi) is 6.68. The highest BCUT2D eigenvalue weighted by Crippen LogP contribution is 2.44. The lowest BCUT2D eigenvalue weighted by atomic mass is 9.82. The Bertz CT molecular complexity index is 1730. The average Bonchev–Trinajstić information content (AvgIpc) is 3.11.